The van der Waals surface area contributed by atoms with Gasteiger partial charge in [0.05, 0.1) is 30.1 Å². The quantitative estimate of drug-likeness (QED) is 0.748. The van der Waals surface area contributed by atoms with E-state index in [2.05, 4.69) is 15.2 Å². The summed E-state index contributed by atoms with van der Waals surface area (Å²) in [5.74, 6) is 0.631. The summed E-state index contributed by atoms with van der Waals surface area (Å²) >= 11 is 0. The fourth-order valence-corrected chi connectivity index (χ4v) is 3.70. The van der Waals surface area contributed by atoms with Crippen LogP contribution in [0.4, 0.5) is 0 Å². The van der Waals surface area contributed by atoms with Crippen LogP contribution in [0, 0.1) is 0 Å². The van der Waals surface area contributed by atoms with Gasteiger partial charge in [0.2, 0.25) is 0 Å². The molecule has 4 rings (SSSR count). The Morgan fingerprint density at radius 2 is 2.07 bits per heavy atom. The molecule has 2 aromatic heterocycles. The minimum Gasteiger partial charge on any atom is -0.493 e. The van der Waals surface area contributed by atoms with Crippen LogP contribution in [0.2, 0.25) is 0 Å². The number of carbonyl (C=O) groups is 1. The predicted octanol–water partition coefficient (Wildman–Crippen LogP) is 3.85. The van der Waals surface area contributed by atoms with Crippen molar-refractivity contribution in [1.82, 2.24) is 20.1 Å². The van der Waals surface area contributed by atoms with E-state index in [0.29, 0.717) is 17.9 Å². The van der Waals surface area contributed by atoms with Crippen LogP contribution in [0.15, 0.2) is 55.0 Å². The number of ether oxygens (including phenoxy) is 1. The van der Waals surface area contributed by atoms with E-state index in [1.807, 2.05) is 54.4 Å². The summed E-state index contributed by atoms with van der Waals surface area (Å²) in [6.07, 6.45) is 7.22. The highest BCUT2D eigenvalue weighted by molar-refractivity contribution is 5.97. The lowest BCUT2D eigenvalue weighted by molar-refractivity contribution is 0.0729. The molecule has 0 spiro atoms. The highest BCUT2D eigenvalue weighted by Crippen LogP contribution is 2.37. The minimum atomic E-state index is -0.0298. The topological polar surface area (TPSA) is 71.1 Å². The van der Waals surface area contributed by atoms with Crippen LogP contribution in [0.1, 0.15) is 41.9 Å². The molecule has 1 amide bonds. The molecule has 1 aliphatic rings. The maximum Gasteiger partial charge on any atom is 0.258 e. The number of hydrogen-bond donors (Lipinski definition) is 1. The zero-order valence-electron chi connectivity index (χ0n) is 15.3. The molecule has 138 valence electrons. The third-order valence-corrected chi connectivity index (χ3v) is 4.92. The average molecular weight is 362 g/mol. The van der Waals surface area contributed by atoms with Gasteiger partial charge in [0.1, 0.15) is 5.75 Å². The molecule has 1 fully saturated rings. The van der Waals surface area contributed by atoms with E-state index in [-0.39, 0.29) is 11.9 Å². The number of amides is 1. The van der Waals surface area contributed by atoms with Gasteiger partial charge in [-0.05, 0) is 49.6 Å². The number of H-pyrrole nitrogens is 1. The number of pyridine rings is 1. The average Bonchev–Trinajstić information content (AvgIpc) is 3.38. The first-order valence-corrected chi connectivity index (χ1v) is 9.26. The molecule has 1 aromatic carbocycles. The maximum atomic E-state index is 13.3. The van der Waals surface area contributed by atoms with Gasteiger partial charge in [0.15, 0.2) is 0 Å². The van der Waals surface area contributed by atoms with Crippen LogP contribution in [0.25, 0.3) is 11.1 Å². The summed E-state index contributed by atoms with van der Waals surface area (Å²) in [7, 11) is 0. The first-order chi connectivity index (χ1) is 13.3. The molecule has 0 unspecified atom stereocenters. The van der Waals surface area contributed by atoms with Gasteiger partial charge < -0.3 is 9.64 Å². The highest BCUT2D eigenvalue weighted by Gasteiger charge is 2.34. The molecule has 3 aromatic rings. The Bertz CT molecular complexity index is 923. The second-order valence-corrected chi connectivity index (χ2v) is 6.52. The molecule has 1 N–H and O–H groups in total. The third-order valence-electron chi connectivity index (χ3n) is 4.92. The number of nitrogens with one attached hydrogen (secondary N) is 1. The number of carbonyl (C=O) groups excluding carboxylic acids is 1. The molecule has 6 nitrogen and oxygen atoms in total. The van der Waals surface area contributed by atoms with Crippen molar-refractivity contribution in [2.45, 2.75) is 25.8 Å². The number of nitrogens with zero attached hydrogens (tertiary/aromatic N) is 3. The SMILES string of the molecule is CCOc1ccccc1C(=O)N1CCC[C@H]1c1[nH]ncc1-c1ccncc1. The van der Waals surface area contributed by atoms with E-state index in [0.717, 1.165) is 36.2 Å². The Morgan fingerprint density at radius 1 is 1.26 bits per heavy atom. The summed E-state index contributed by atoms with van der Waals surface area (Å²) in [4.78, 5) is 19.3. The number of aromatic nitrogens is 3. The van der Waals surface area contributed by atoms with Crippen molar-refractivity contribution >= 4 is 5.91 Å². The van der Waals surface area contributed by atoms with Crippen molar-refractivity contribution in [2.75, 3.05) is 13.2 Å². The van der Waals surface area contributed by atoms with Crippen molar-refractivity contribution in [3.63, 3.8) is 0 Å². The van der Waals surface area contributed by atoms with Gasteiger partial charge >= 0.3 is 0 Å². The van der Waals surface area contributed by atoms with E-state index in [9.17, 15) is 4.79 Å². The molecule has 1 saturated heterocycles. The summed E-state index contributed by atoms with van der Waals surface area (Å²) in [5, 5.41) is 7.38. The van der Waals surface area contributed by atoms with Crippen LogP contribution in [0.3, 0.4) is 0 Å². The Balaban J connectivity index is 1.67. The van der Waals surface area contributed by atoms with Gasteiger partial charge in [-0.2, -0.15) is 5.10 Å². The number of para-hydroxylation sites is 1. The predicted molar refractivity (Wildman–Crippen MR) is 102 cm³/mol. The zero-order chi connectivity index (χ0) is 18.6. The van der Waals surface area contributed by atoms with Crippen molar-refractivity contribution in [1.29, 1.82) is 0 Å². The molecule has 1 atom stereocenters. The van der Waals surface area contributed by atoms with Gasteiger partial charge in [-0.15, -0.1) is 0 Å². The van der Waals surface area contributed by atoms with Crippen LogP contribution >= 0.6 is 0 Å². The summed E-state index contributed by atoms with van der Waals surface area (Å²) in [6, 6.07) is 11.3. The molecule has 0 bridgehead atoms. The summed E-state index contributed by atoms with van der Waals surface area (Å²) in [6.45, 7) is 3.17. The van der Waals surface area contributed by atoms with E-state index in [1.165, 1.54) is 0 Å². The van der Waals surface area contributed by atoms with Crippen molar-refractivity contribution < 1.29 is 9.53 Å². The summed E-state index contributed by atoms with van der Waals surface area (Å²) in [5.41, 5.74) is 3.64. The van der Waals surface area contributed by atoms with E-state index in [4.69, 9.17) is 4.74 Å². The molecule has 3 heterocycles. The molecule has 0 saturated carbocycles. The molecule has 27 heavy (non-hydrogen) atoms. The van der Waals surface area contributed by atoms with Gasteiger partial charge in [-0.25, -0.2) is 0 Å². The van der Waals surface area contributed by atoms with Crippen LogP contribution in [0.5, 0.6) is 5.75 Å². The third kappa shape index (κ3) is 3.30. The number of likely N-dealkylation sites (tertiary alicyclic amines) is 1. The smallest absolute Gasteiger partial charge is 0.258 e. The minimum absolute atomic E-state index is 0.00294. The van der Waals surface area contributed by atoms with E-state index >= 15 is 0 Å². The Morgan fingerprint density at radius 3 is 2.89 bits per heavy atom. The second-order valence-electron chi connectivity index (χ2n) is 6.52. The molecule has 6 heteroatoms. The van der Waals surface area contributed by atoms with Gasteiger partial charge in [-0.3, -0.25) is 14.9 Å². The Hall–Kier alpha value is -3.15. The van der Waals surface area contributed by atoms with Crippen LogP contribution in [-0.2, 0) is 0 Å². The molecular formula is C21H22N4O2. The largest absolute Gasteiger partial charge is 0.493 e. The molecular weight excluding hydrogens is 340 g/mol. The standard InChI is InChI=1S/C21H22N4O2/c1-2-27-19-8-4-3-6-16(19)21(26)25-13-5-7-18(25)20-17(14-23-24-20)15-9-11-22-12-10-15/h3-4,6,8-12,14,18H,2,5,7,13H2,1H3,(H,23,24)/t18-/m0/s1. The van der Waals surface area contributed by atoms with Crippen molar-refractivity contribution in [2.24, 2.45) is 0 Å². The fraction of sp³-hybridized carbons (Fsp3) is 0.286. The number of benzene rings is 1. The lowest BCUT2D eigenvalue weighted by Crippen LogP contribution is -2.31. The van der Waals surface area contributed by atoms with Crippen molar-refractivity contribution in [3.8, 4) is 16.9 Å². The lowest BCUT2D eigenvalue weighted by atomic mass is 10.0. The van der Waals surface area contributed by atoms with Gasteiger partial charge in [-0.1, -0.05) is 12.1 Å². The molecule has 0 radical (unpaired) electrons. The Labute approximate surface area is 158 Å². The number of aromatic amines is 1. The lowest BCUT2D eigenvalue weighted by Gasteiger charge is -2.25. The first kappa shape index (κ1) is 17.3. The van der Waals surface area contributed by atoms with Crippen LogP contribution in [-0.4, -0.2) is 39.1 Å². The highest BCUT2D eigenvalue weighted by atomic mass is 16.5. The molecule has 1 aliphatic heterocycles. The van der Waals surface area contributed by atoms with Gasteiger partial charge in [0, 0.05) is 24.5 Å². The number of hydrogen-bond acceptors (Lipinski definition) is 4. The van der Waals surface area contributed by atoms with E-state index < -0.39 is 0 Å². The Kier molecular flexibility index (Phi) is 4.87. The molecule has 0 aliphatic carbocycles. The summed E-state index contributed by atoms with van der Waals surface area (Å²) < 4.78 is 5.66. The van der Waals surface area contributed by atoms with Gasteiger partial charge in [0.25, 0.3) is 5.91 Å². The van der Waals surface area contributed by atoms with E-state index in [1.54, 1.807) is 12.4 Å². The van der Waals surface area contributed by atoms with Crippen LogP contribution < -0.4 is 4.74 Å². The monoisotopic (exact) mass is 362 g/mol. The normalized spacial score (nSPS) is 16.5. The van der Waals surface area contributed by atoms with Crippen molar-refractivity contribution in [3.05, 3.63) is 66.2 Å². The first-order valence-electron chi connectivity index (χ1n) is 9.26. The maximum absolute atomic E-state index is 13.3. The fourth-order valence-electron chi connectivity index (χ4n) is 3.70. The number of rotatable bonds is 5. The second kappa shape index (κ2) is 7.61. The zero-order valence-corrected chi connectivity index (χ0v) is 15.3.